The van der Waals surface area contributed by atoms with Gasteiger partial charge in [-0.15, -0.1) is 0 Å². The zero-order valence-electron chi connectivity index (χ0n) is 16.1. The van der Waals surface area contributed by atoms with Crippen molar-refractivity contribution in [1.82, 2.24) is 9.88 Å². The van der Waals surface area contributed by atoms with Crippen LogP contribution in [-0.2, 0) is 0 Å². The van der Waals surface area contributed by atoms with Crippen molar-refractivity contribution in [3.8, 4) is 0 Å². The molecule has 2 heterocycles. The second-order valence-electron chi connectivity index (χ2n) is 7.94. The van der Waals surface area contributed by atoms with Crippen LogP contribution in [0.2, 0.25) is 0 Å². The van der Waals surface area contributed by atoms with Crippen LogP contribution in [0.5, 0.6) is 0 Å². The Morgan fingerprint density at radius 3 is 2.15 bits per heavy atom. The van der Waals surface area contributed by atoms with Crippen LogP contribution in [0.4, 0.5) is 0 Å². The fraction of sp³-hybridized carbons (Fsp3) is 0.458. The van der Waals surface area contributed by atoms with Crippen molar-refractivity contribution in [2.24, 2.45) is 5.92 Å². The highest BCUT2D eigenvalue weighted by Crippen LogP contribution is 2.34. The van der Waals surface area contributed by atoms with Crippen LogP contribution < -0.4 is 0 Å². The van der Waals surface area contributed by atoms with Gasteiger partial charge < -0.3 is 4.90 Å². The summed E-state index contributed by atoms with van der Waals surface area (Å²) in [4.78, 5) is 9.34. The van der Waals surface area contributed by atoms with E-state index in [4.69, 9.17) is 0 Å². The van der Waals surface area contributed by atoms with E-state index in [1.807, 2.05) is 12.4 Å². The Morgan fingerprint density at radius 1 is 0.852 bits per heavy atom. The molecule has 0 bridgehead atoms. The first-order valence-corrected chi connectivity index (χ1v) is 11.2. The molecule has 0 unspecified atom stereocenters. The molecule has 142 valence electrons. The summed E-state index contributed by atoms with van der Waals surface area (Å²) in [5.74, 6) is 0.642. The Bertz CT molecular complexity index is 727. The topological polar surface area (TPSA) is 16.1 Å². The molecule has 27 heavy (non-hydrogen) atoms. The molecule has 1 aromatic heterocycles. The van der Waals surface area contributed by atoms with E-state index in [1.54, 1.807) is 11.8 Å². The SMILES string of the molecule is C=C(c1ccc(Sc2ccncc2)cc1)C1CCN(C2CCCCC2)CC1. The predicted octanol–water partition coefficient (Wildman–Crippen LogP) is 6.29. The molecule has 1 aromatic carbocycles. The zero-order valence-corrected chi connectivity index (χ0v) is 17.0. The molecule has 1 saturated heterocycles. The normalized spacial score (nSPS) is 19.9. The van der Waals surface area contributed by atoms with Gasteiger partial charge >= 0.3 is 0 Å². The number of benzene rings is 1. The largest absolute Gasteiger partial charge is 0.300 e. The van der Waals surface area contributed by atoms with E-state index in [0.717, 1.165) is 6.04 Å². The summed E-state index contributed by atoms with van der Waals surface area (Å²) in [5.41, 5.74) is 2.64. The van der Waals surface area contributed by atoms with Gasteiger partial charge in [-0.2, -0.15) is 0 Å². The Hall–Kier alpha value is -1.58. The average Bonchev–Trinajstić information content (AvgIpc) is 2.75. The molecular formula is C24H30N2S. The van der Waals surface area contributed by atoms with Crippen LogP contribution in [0, 0.1) is 5.92 Å². The van der Waals surface area contributed by atoms with Crippen molar-refractivity contribution in [2.75, 3.05) is 13.1 Å². The summed E-state index contributed by atoms with van der Waals surface area (Å²) in [6.45, 7) is 6.97. The van der Waals surface area contributed by atoms with E-state index in [9.17, 15) is 0 Å². The van der Waals surface area contributed by atoms with Gasteiger partial charge in [0, 0.05) is 28.2 Å². The van der Waals surface area contributed by atoms with Gasteiger partial charge in [0.1, 0.15) is 0 Å². The molecule has 0 spiro atoms. The lowest BCUT2D eigenvalue weighted by atomic mass is 9.84. The minimum absolute atomic E-state index is 0.642. The van der Waals surface area contributed by atoms with Crippen LogP contribution >= 0.6 is 11.8 Å². The lowest BCUT2D eigenvalue weighted by molar-refractivity contribution is 0.119. The second kappa shape index (κ2) is 9.07. The van der Waals surface area contributed by atoms with Gasteiger partial charge in [0.05, 0.1) is 0 Å². The molecule has 0 radical (unpaired) electrons. The third-order valence-corrected chi connectivity index (χ3v) is 7.24. The van der Waals surface area contributed by atoms with Crippen molar-refractivity contribution < 1.29 is 0 Å². The summed E-state index contributed by atoms with van der Waals surface area (Å²) in [6, 6.07) is 13.9. The van der Waals surface area contributed by atoms with E-state index in [-0.39, 0.29) is 0 Å². The summed E-state index contributed by atoms with van der Waals surface area (Å²) >= 11 is 1.78. The maximum Gasteiger partial charge on any atom is 0.0279 e. The molecule has 0 amide bonds. The van der Waals surface area contributed by atoms with Crippen LogP contribution in [0.15, 0.2) is 65.2 Å². The first-order chi connectivity index (χ1) is 13.3. The third kappa shape index (κ3) is 4.83. The molecule has 1 aliphatic carbocycles. The molecule has 2 fully saturated rings. The Labute approximate surface area is 168 Å². The number of likely N-dealkylation sites (tertiary alicyclic amines) is 1. The maximum atomic E-state index is 4.47. The molecular weight excluding hydrogens is 348 g/mol. The van der Waals surface area contributed by atoms with Crippen molar-refractivity contribution in [2.45, 2.75) is 60.8 Å². The first kappa shape index (κ1) is 18.8. The van der Waals surface area contributed by atoms with E-state index < -0.39 is 0 Å². The molecule has 3 heteroatoms. The first-order valence-electron chi connectivity index (χ1n) is 10.4. The quantitative estimate of drug-likeness (QED) is 0.608. The molecule has 1 saturated carbocycles. The van der Waals surface area contributed by atoms with Gasteiger partial charge in [-0.1, -0.05) is 49.7 Å². The minimum atomic E-state index is 0.642. The van der Waals surface area contributed by atoms with Crippen molar-refractivity contribution in [1.29, 1.82) is 0 Å². The summed E-state index contributed by atoms with van der Waals surface area (Å²) in [7, 11) is 0. The summed E-state index contributed by atoms with van der Waals surface area (Å²) in [6.07, 6.45) is 13.4. The molecule has 2 nitrogen and oxygen atoms in total. The van der Waals surface area contributed by atoms with E-state index in [2.05, 4.69) is 52.9 Å². The molecule has 2 aromatic rings. The molecule has 1 aliphatic heterocycles. The van der Waals surface area contributed by atoms with Crippen LogP contribution in [-0.4, -0.2) is 29.0 Å². The van der Waals surface area contributed by atoms with Gasteiger partial charge in [-0.3, -0.25) is 4.98 Å². The molecule has 4 rings (SSSR count). The van der Waals surface area contributed by atoms with Crippen LogP contribution in [0.3, 0.4) is 0 Å². The van der Waals surface area contributed by atoms with Crippen molar-refractivity contribution in [3.63, 3.8) is 0 Å². The maximum absolute atomic E-state index is 4.47. The lowest BCUT2D eigenvalue weighted by Gasteiger charge is -2.39. The fourth-order valence-corrected chi connectivity index (χ4v) is 5.38. The average molecular weight is 379 g/mol. The monoisotopic (exact) mass is 378 g/mol. The summed E-state index contributed by atoms with van der Waals surface area (Å²) in [5, 5.41) is 0. The number of pyridine rings is 1. The Balaban J connectivity index is 1.32. The highest BCUT2D eigenvalue weighted by atomic mass is 32.2. The van der Waals surface area contributed by atoms with Gasteiger partial charge in [0.25, 0.3) is 0 Å². The number of piperidine rings is 1. The van der Waals surface area contributed by atoms with Crippen LogP contribution in [0.25, 0.3) is 5.57 Å². The zero-order chi connectivity index (χ0) is 18.5. The second-order valence-corrected chi connectivity index (χ2v) is 9.08. The Morgan fingerprint density at radius 2 is 1.48 bits per heavy atom. The van der Waals surface area contributed by atoms with Gasteiger partial charge in [-0.05, 0) is 80.1 Å². The number of rotatable bonds is 5. The number of hydrogen-bond donors (Lipinski definition) is 0. The van der Waals surface area contributed by atoms with E-state index in [1.165, 1.54) is 79.0 Å². The molecule has 2 aliphatic rings. The van der Waals surface area contributed by atoms with Gasteiger partial charge in [0.2, 0.25) is 0 Å². The highest BCUT2D eigenvalue weighted by molar-refractivity contribution is 7.99. The number of allylic oxidation sites excluding steroid dienone is 1. The minimum Gasteiger partial charge on any atom is -0.300 e. The fourth-order valence-electron chi connectivity index (χ4n) is 4.57. The molecule has 0 N–H and O–H groups in total. The standard InChI is InChI=1S/C24H30N2S/c1-19(21-13-17-26(18-14-21)22-5-3-2-4-6-22)20-7-9-23(10-8-20)27-24-11-15-25-16-12-24/h7-12,15-16,21-22H,1-6,13-14,17-18H2. The number of hydrogen-bond acceptors (Lipinski definition) is 3. The van der Waals surface area contributed by atoms with Gasteiger partial charge in [0.15, 0.2) is 0 Å². The van der Waals surface area contributed by atoms with Crippen molar-refractivity contribution in [3.05, 3.63) is 60.9 Å². The third-order valence-electron chi connectivity index (χ3n) is 6.22. The number of nitrogens with zero attached hydrogens (tertiary/aromatic N) is 2. The lowest BCUT2D eigenvalue weighted by Crippen LogP contribution is -2.42. The summed E-state index contributed by atoms with van der Waals surface area (Å²) < 4.78 is 0. The molecule has 0 atom stereocenters. The highest BCUT2D eigenvalue weighted by Gasteiger charge is 2.27. The van der Waals surface area contributed by atoms with Crippen LogP contribution in [0.1, 0.15) is 50.5 Å². The predicted molar refractivity (Wildman–Crippen MR) is 115 cm³/mol. The Kier molecular flexibility index (Phi) is 6.31. The number of aromatic nitrogens is 1. The van der Waals surface area contributed by atoms with E-state index in [0.29, 0.717) is 5.92 Å². The van der Waals surface area contributed by atoms with Gasteiger partial charge in [-0.25, -0.2) is 0 Å². The smallest absolute Gasteiger partial charge is 0.0279 e. The van der Waals surface area contributed by atoms with E-state index >= 15 is 0 Å². The van der Waals surface area contributed by atoms with Crippen molar-refractivity contribution >= 4 is 17.3 Å².